The lowest BCUT2D eigenvalue weighted by molar-refractivity contribution is -0.354. The van der Waals surface area contributed by atoms with Crippen molar-refractivity contribution in [2.45, 2.75) is 231 Å². The van der Waals surface area contributed by atoms with Crippen molar-refractivity contribution in [2.75, 3.05) is 14.2 Å². The third-order valence-electron chi connectivity index (χ3n) is 16.0. The summed E-state index contributed by atoms with van der Waals surface area (Å²) in [6.45, 7) is 22.5. The maximum atomic E-state index is 12.9. The van der Waals surface area contributed by atoms with Gasteiger partial charge in [0, 0.05) is 203 Å². The number of ether oxygens (including phenoxy) is 8. The molecular formula is C52H87NO11S16. The van der Waals surface area contributed by atoms with Gasteiger partial charge in [-0.2, -0.15) is 0 Å². The topological polar surface area (TPSA) is 141 Å². The Morgan fingerprint density at radius 3 is 1.40 bits per heavy atom. The van der Waals surface area contributed by atoms with E-state index in [2.05, 4.69) is 74.2 Å². The van der Waals surface area contributed by atoms with Crippen molar-refractivity contribution in [2.24, 2.45) is 47.3 Å². The Kier molecular flexibility index (Phi) is 35.4. The normalized spacial score (nSPS) is 34.4. The third kappa shape index (κ3) is 23.2. The minimum absolute atomic E-state index is 0. The van der Waals surface area contributed by atoms with Gasteiger partial charge >= 0.3 is 5.97 Å². The minimum atomic E-state index is -0.869. The molecule has 6 aliphatic rings. The van der Waals surface area contributed by atoms with Crippen LogP contribution in [0.5, 0.6) is 0 Å². The molecule has 0 aliphatic carbocycles. The molecule has 12 nitrogen and oxygen atoms in total. The van der Waals surface area contributed by atoms with Crippen LogP contribution in [0.3, 0.4) is 0 Å². The Balaban J connectivity index is 0.000000277. The molecule has 1 aromatic heterocycles. The molecule has 0 aromatic carbocycles. The van der Waals surface area contributed by atoms with Crippen LogP contribution in [0.2, 0.25) is 0 Å². The number of rotatable bonds is 15. The summed E-state index contributed by atoms with van der Waals surface area (Å²) in [6, 6.07) is 5.60. The van der Waals surface area contributed by atoms with E-state index in [9.17, 15) is 14.7 Å². The van der Waals surface area contributed by atoms with Crippen LogP contribution in [0, 0.1) is 47.3 Å². The summed E-state index contributed by atoms with van der Waals surface area (Å²) in [5.74, 6) is 1.18. The molecule has 80 heavy (non-hydrogen) atoms. The first-order valence-corrected chi connectivity index (χ1v) is 46.6. The van der Waals surface area contributed by atoms with E-state index in [4.69, 9.17) is 60.3 Å². The number of carbonyl (C=O) groups is 2. The molecule has 0 amide bonds. The van der Waals surface area contributed by atoms with Crippen LogP contribution in [0.25, 0.3) is 0 Å². The summed E-state index contributed by atoms with van der Waals surface area (Å²) in [5.41, 5.74) is 0. The van der Waals surface area contributed by atoms with Gasteiger partial charge in [0.15, 0.2) is 16.7 Å². The number of hydrogen-bond acceptors (Lipinski definition) is 14. The Hall–Kier alpha value is 1.62. The molecule has 6 saturated heterocycles. The van der Waals surface area contributed by atoms with Crippen molar-refractivity contribution in [1.29, 1.82) is 0 Å². The minimum Gasteiger partial charge on any atom is -0.481 e. The highest BCUT2D eigenvalue weighted by molar-refractivity contribution is 8.76. The van der Waals surface area contributed by atoms with Gasteiger partial charge in [-0.15, -0.1) is 0 Å². The molecule has 20 atom stereocenters. The summed E-state index contributed by atoms with van der Waals surface area (Å²) in [6.07, 6.45) is 11.0. The molecule has 2 unspecified atom stereocenters. The first-order chi connectivity index (χ1) is 37.8. The predicted octanol–water partition coefficient (Wildman–Crippen LogP) is 10.7. The number of aromatic nitrogens is 1. The lowest BCUT2D eigenvalue weighted by atomic mass is 9.79. The Labute approximate surface area is 529 Å². The smallest absolute Gasteiger partial charge is 0.306 e. The highest BCUT2D eigenvalue weighted by Gasteiger charge is 2.58. The summed E-state index contributed by atoms with van der Waals surface area (Å²) in [4.78, 5) is 28.6. The van der Waals surface area contributed by atoms with Crippen LogP contribution in [0.15, 0.2) is 29.4 Å². The number of nitrogens with zero attached hydrogens (tertiary/aromatic N) is 1. The van der Waals surface area contributed by atoms with Crippen LogP contribution in [0.1, 0.15) is 154 Å². The Bertz CT molecular complexity index is 2670. The molecule has 462 valence electrons. The number of methoxy groups -OCH3 is 2. The van der Waals surface area contributed by atoms with Gasteiger partial charge in [-0.1, -0.05) is 95.6 Å². The molecule has 1 N–H and O–H groups in total. The van der Waals surface area contributed by atoms with Gasteiger partial charge in [-0.3, -0.25) is 9.59 Å². The number of carboxylic acid groups (broad SMARTS) is 1. The number of aliphatic carboxylic acids is 1. The van der Waals surface area contributed by atoms with Gasteiger partial charge in [0.05, 0.1) is 67.5 Å². The van der Waals surface area contributed by atoms with Crippen molar-refractivity contribution in [3.63, 3.8) is 0 Å². The van der Waals surface area contributed by atoms with E-state index >= 15 is 0 Å². The molecule has 6 fully saturated rings. The van der Waals surface area contributed by atoms with Gasteiger partial charge in [0.25, 0.3) is 0 Å². The summed E-state index contributed by atoms with van der Waals surface area (Å²) in [5, 5.41) is 10.1. The molecule has 6 aliphatic heterocycles. The average molecular weight is 1420 g/mol. The quantitative estimate of drug-likeness (QED) is 0.166. The Morgan fingerprint density at radius 2 is 1.04 bits per heavy atom. The predicted molar refractivity (Wildman–Crippen MR) is 364 cm³/mol. The van der Waals surface area contributed by atoms with Crippen molar-refractivity contribution >= 4 is 161 Å². The zero-order valence-electron chi connectivity index (χ0n) is 47.2. The largest absolute Gasteiger partial charge is 0.481 e. The second kappa shape index (κ2) is 38.2. The lowest BCUT2D eigenvalue weighted by Crippen LogP contribution is -2.59. The molecular weight excluding hydrogens is 1330 g/mol. The average Bonchev–Trinajstić information content (AvgIpc) is 4.09. The summed E-state index contributed by atoms with van der Waals surface area (Å²) < 4.78 is 50.9. The van der Waals surface area contributed by atoms with Gasteiger partial charge in [-0.05, 0) is 84.1 Å². The van der Waals surface area contributed by atoms with Gasteiger partial charge in [0.2, 0.25) is 0 Å². The highest BCUT2D eigenvalue weighted by atomic mass is 33.5. The monoisotopic (exact) mass is 1410 g/mol. The van der Waals surface area contributed by atoms with Crippen LogP contribution in [-0.2, 0) is 185 Å². The maximum absolute atomic E-state index is 12.9. The third-order valence-corrected chi connectivity index (χ3v) is 43.5. The fourth-order valence-electron chi connectivity index (χ4n) is 12.4. The van der Waals surface area contributed by atoms with E-state index in [-0.39, 0.29) is 92.2 Å². The number of pyridine rings is 1. The highest BCUT2D eigenvalue weighted by Crippen LogP contribution is 2.51. The van der Waals surface area contributed by atoms with E-state index < -0.39 is 23.6 Å². The molecule has 1 aromatic rings. The van der Waals surface area contributed by atoms with E-state index in [1.807, 2.05) is 18.2 Å². The van der Waals surface area contributed by atoms with E-state index in [0.29, 0.717) is 40.5 Å². The van der Waals surface area contributed by atoms with E-state index in [1.165, 1.54) is 55.2 Å². The van der Waals surface area contributed by atoms with Crippen molar-refractivity contribution in [3.8, 4) is 0 Å². The fraction of sp³-hybridized carbons (Fsp3) is 0.865. The van der Waals surface area contributed by atoms with Crippen molar-refractivity contribution in [1.82, 2.24) is 4.98 Å². The number of fused-ring (bicyclic) bond motifs is 2. The van der Waals surface area contributed by atoms with E-state index in [1.54, 1.807) is 118 Å². The second-order valence-electron chi connectivity index (χ2n) is 22.1. The summed E-state index contributed by atoms with van der Waals surface area (Å²) >= 11 is 10.6. The van der Waals surface area contributed by atoms with Gasteiger partial charge < -0.3 is 43.0 Å². The standard InChI is InChI=1S/C28H43NO5S.C23H40O6.CH4.S15/c1-7-17(2)12-18(3)21-13-22-27(32-21)20(5)16-28(33-22)15-19(4)26(31-6)23(34-28)14-25(30)35-24-10-8-9-11-29-24;1-7-13(2)8-14(3)17-9-18-22(27-17)16(5)12-23(28-18)11-15(4)21(26-6)19(29-23)10-20(24)25;;1-3-5-7-9-11-13-15-14-12-10-8-6-4-2/h8-11,17-23,26-27H,7,12-16H2,1-6H3;13-19,21-22H,7-12H2,1-6H3,(H,24,25);1H4;/t17-,18-,19-,20-,21-,22-,23-,26-,27-,28?;13-,14-,15-,16-,17-,18-,19-,21-,22-,23?;;/m00../s1. The first kappa shape index (κ1) is 74.1. The maximum Gasteiger partial charge on any atom is 0.306 e. The molecule has 0 bridgehead atoms. The van der Waals surface area contributed by atoms with Crippen molar-refractivity contribution < 1.29 is 52.6 Å². The number of thioether (sulfide) groups is 1. The number of hydrogen-bond donors (Lipinski definition) is 1. The first-order valence-electron chi connectivity index (χ1n) is 27.2. The SMILES string of the molecule is C.CC[C@H](C)C[C@H](C)[C@@H]1C[C@@H]2OC3(C[C@H](C)[C@H](OC)[C@H](CC(=O)O)O3)C[C@H](C)[C@@H]2O1.CC[C@H](C)C[C@H](C)[C@@H]1C[C@@H]2OC3(C[C@H](C)[C@H](OC)[C@H](CC(=O)Sc4ccccn4)O3)C[C@H](C)[C@@H]2O1.S=S=S=S=S=S=S=S=S=S=S=S=S=S=S. The zero-order valence-corrected chi connectivity index (χ0v) is 60.3. The fourth-order valence-corrected chi connectivity index (χ4v) is 43.3. The molecule has 28 heteroatoms. The van der Waals surface area contributed by atoms with Crippen LogP contribution < -0.4 is 0 Å². The number of carboxylic acids is 1. The molecule has 7 heterocycles. The second-order valence-corrected chi connectivity index (χ2v) is 46.2. The van der Waals surface area contributed by atoms with Gasteiger partial charge in [-0.25, -0.2) is 4.98 Å². The zero-order chi connectivity index (χ0) is 57.7. The van der Waals surface area contributed by atoms with Crippen LogP contribution >= 0.6 is 11.8 Å². The van der Waals surface area contributed by atoms with Crippen LogP contribution in [0.4, 0.5) is 0 Å². The Morgan fingerprint density at radius 1 is 0.637 bits per heavy atom. The number of carbonyl (C=O) groups excluding carboxylic acids is 1. The summed E-state index contributed by atoms with van der Waals surface area (Å²) in [7, 11) is 25.1. The molecule has 0 saturated carbocycles. The molecule has 2 spiro atoms. The van der Waals surface area contributed by atoms with Gasteiger partial charge in [0.1, 0.15) is 5.03 Å². The van der Waals surface area contributed by atoms with Crippen LogP contribution in [-0.4, -0.2) is 108 Å². The molecule has 7 rings (SSSR count). The lowest BCUT2D eigenvalue weighted by Gasteiger charge is -2.52. The van der Waals surface area contributed by atoms with Crippen molar-refractivity contribution in [3.05, 3.63) is 24.4 Å². The van der Waals surface area contributed by atoms with E-state index in [0.717, 1.165) is 38.5 Å². The molecule has 0 radical (unpaired) electrons.